The fourth-order valence-electron chi connectivity index (χ4n) is 5.21. The molecule has 210 valence electrons. The van der Waals surface area contributed by atoms with Crippen LogP contribution in [0.1, 0.15) is 54.5 Å². The first-order valence-corrected chi connectivity index (χ1v) is 14.5. The van der Waals surface area contributed by atoms with Gasteiger partial charge in [0.25, 0.3) is 0 Å². The molecule has 1 saturated carbocycles. The van der Waals surface area contributed by atoms with Crippen molar-refractivity contribution in [1.29, 1.82) is 10.5 Å². The van der Waals surface area contributed by atoms with Gasteiger partial charge < -0.3 is 16.1 Å². The summed E-state index contributed by atoms with van der Waals surface area (Å²) in [7, 11) is 0. The monoisotopic (exact) mass is 594 g/mol. The Morgan fingerprint density at radius 1 is 1.00 bits per heavy atom. The van der Waals surface area contributed by atoms with E-state index in [1.54, 1.807) is 0 Å². The van der Waals surface area contributed by atoms with E-state index in [2.05, 4.69) is 49.9 Å². The quantitative estimate of drug-likeness (QED) is 0.151. The largest absolute Gasteiger partial charge is 0.377 e. The maximum Gasteiger partial charge on any atom is 0.103 e. The third kappa shape index (κ3) is 5.79. The molecule has 1 aliphatic carbocycles. The van der Waals surface area contributed by atoms with Crippen LogP contribution in [0.15, 0.2) is 84.8 Å². The van der Waals surface area contributed by atoms with Crippen LogP contribution < -0.4 is 21.6 Å². The number of rotatable bonds is 10. The lowest BCUT2D eigenvalue weighted by Gasteiger charge is -2.24. The molecule has 0 bridgehead atoms. The first-order valence-electron chi connectivity index (χ1n) is 13.8. The number of hydrogen-bond acceptors (Lipinski definition) is 8. The van der Waals surface area contributed by atoms with Crippen molar-refractivity contribution in [2.45, 2.75) is 43.8 Å². The highest BCUT2D eigenvalue weighted by Gasteiger charge is 2.33. The molecule has 0 saturated heterocycles. The third-order valence-corrected chi connectivity index (χ3v) is 8.13. The minimum atomic E-state index is -0.320. The van der Waals surface area contributed by atoms with Gasteiger partial charge in [-0.25, -0.2) is 0 Å². The van der Waals surface area contributed by atoms with Crippen LogP contribution in [0.2, 0.25) is 10.0 Å². The molecule has 1 fully saturated rings. The molecule has 4 N–H and O–H groups in total. The topological polar surface area (TPSA) is 112 Å². The fraction of sp³-hybridized carbons (Fsp3) is 0.219. The summed E-state index contributed by atoms with van der Waals surface area (Å²) in [6.07, 6.45) is 6.83. The number of halogens is 2. The zero-order valence-corrected chi connectivity index (χ0v) is 24.1. The van der Waals surface area contributed by atoms with Crippen molar-refractivity contribution < 1.29 is 0 Å². The number of nitriles is 2. The number of hydrogen-bond donors (Lipinski definition) is 4. The predicted octanol–water partition coefficient (Wildman–Crippen LogP) is 7.35. The summed E-state index contributed by atoms with van der Waals surface area (Å²) < 4.78 is 0. The van der Waals surface area contributed by atoms with E-state index in [1.165, 1.54) is 6.20 Å². The van der Waals surface area contributed by atoms with E-state index in [9.17, 15) is 10.5 Å². The van der Waals surface area contributed by atoms with E-state index >= 15 is 0 Å². The van der Waals surface area contributed by atoms with Crippen LogP contribution in [0.3, 0.4) is 0 Å². The van der Waals surface area contributed by atoms with Crippen LogP contribution in [0, 0.1) is 22.7 Å². The fourth-order valence-corrected chi connectivity index (χ4v) is 5.73. The van der Waals surface area contributed by atoms with E-state index in [0.29, 0.717) is 51.1 Å². The zero-order chi connectivity index (χ0) is 29.1. The summed E-state index contributed by atoms with van der Waals surface area (Å²) in [5, 5.41) is 30.4. The first-order chi connectivity index (χ1) is 20.6. The van der Waals surface area contributed by atoms with Gasteiger partial charge in [0.05, 0.1) is 45.6 Å². The Morgan fingerprint density at radius 3 is 2.52 bits per heavy atom. The Bertz CT molecular complexity index is 1720. The second-order valence-electron chi connectivity index (χ2n) is 10.4. The van der Waals surface area contributed by atoms with Crippen LogP contribution in [0.4, 0.5) is 11.4 Å². The molecule has 42 heavy (non-hydrogen) atoms. The zero-order valence-electron chi connectivity index (χ0n) is 22.6. The second kappa shape index (κ2) is 12.2. The molecular formula is C32H28Cl2N8. The van der Waals surface area contributed by atoms with Crippen molar-refractivity contribution in [1.82, 2.24) is 21.0 Å². The summed E-state index contributed by atoms with van der Waals surface area (Å²) in [4.78, 5) is 4.52. The SMILES string of the molecule is N#CCCC(Nc1c(C#N)cnc2c(Cl)cc(NC(C3=CN(C4CC4)NN3)c3ccccc3Cl)cc12)c1ccccc1. The van der Waals surface area contributed by atoms with Gasteiger partial charge in [-0.15, -0.1) is 5.53 Å². The maximum atomic E-state index is 10.0. The van der Waals surface area contributed by atoms with Crippen LogP contribution in [-0.4, -0.2) is 16.0 Å². The molecule has 1 aliphatic heterocycles. The molecule has 1 aromatic heterocycles. The molecule has 8 nitrogen and oxygen atoms in total. The molecule has 10 heteroatoms. The molecule has 4 aromatic rings. The number of aromatic nitrogens is 1. The summed E-state index contributed by atoms with van der Waals surface area (Å²) in [6, 6.07) is 25.9. The van der Waals surface area contributed by atoms with E-state index < -0.39 is 0 Å². The minimum Gasteiger partial charge on any atom is -0.377 e. The summed E-state index contributed by atoms with van der Waals surface area (Å²) in [5.74, 6) is 0. The molecule has 2 aliphatic rings. The number of benzene rings is 3. The van der Waals surface area contributed by atoms with Gasteiger partial charge in [-0.05, 0) is 48.6 Å². The molecular weight excluding hydrogens is 567 g/mol. The molecule has 0 radical (unpaired) electrons. The van der Waals surface area contributed by atoms with Crippen molar-refractivity contribution in [2.75, 3.05) is 10.6 Å². The third-order valence-electron chi connectivity index (χ3n) is 7.50. The van der Waals surface area contributed by atoms with Crippen molar-refractivity contribution >= 4 is 45.5 Å². The summed E-state index contributed by atoms with van der Waals surface area (Å²) in [5.41, 5.74) is 11.7. The van der Waals surface area contributed by atoms with E-state index in [-0.39, 0.29) is 12.1 Å². The number of nitrogens with one attached hydrogen (secondary N) is 4. The van der Waals surface area contributed by atoms with Gasteiger partial charge in [-0.3, -0.25) is 9.99 Å². The second-order valence-corrected chi connectivity index (χ2v) is 11.2. The standard InChI is InChI=1S/C32H28Cl2N8/c33-26-10-5-4-9-24(26)32(29-19-42(41-40-29)23-12-13-23)38-22-15-25-30(21(17-36)18-37-31(25)27(34)16-22)39-28(11-6-14-35)20-7-2-1-3-8-20/h1-5,7-10,15-16,18-19,23,28,32,38,40-41H,6,11-13H2,(H,37,39). The van der Waals surface area contributed by atoms with Gasteiger partial charge in [0.1, 0.15) is 6.07 Å². The van der Waals surface area contributed by atoms with Gasteiger partial charge in [-0.1, -0.05) is 71.7 Å². The number of pyridine rings is 1. The van der Waals surface area contributed by atoms with Gasteiger partial charge in [0.15, 0.2) is 0 Å². The molecule has 0 amide bonds. The Morgan fingerprint density at radius 2 is 1.79 bits per heavy atom. The highest BCUT2D eigenvalue weighted by atomic mass is 35.5. The highest BCUT2D eigenvalue weighted by Crippen LogP contribution is 2.39. The summed E-state index contributed by atoms with van der Waals surface area (Å²) in [6.45, 7) is 0. The molecule has 3 aromatic carbocycles. The number of fused-ring (bicyclic) bond motifs is 1. The average molecular weight is 596 g/mol. The lowest BCUT2D eigenvalue weighted by molar-refractivity contribution is 0.260. The lowest BCUT2D eigenvalue weighted by atomic mass is 10.00. The van der Waals surface area contributed by atoms with E-state index in [4.69, 9.17) is 23.2 Å². The molecule has 0 spiro atoms. The van der Waals surface area contributed by atoms with Crippen LogP contribution in [-0.2, 0) is 0 Å². The first kappa shape index (κ1) is 27.7. The van der Waals surface area contributed by atoms with Gasteiger partial charge in [0, 0.05) is 41.0 Å². The Kier molecular flexibility index (Phi) is 8.03. The minimum absolute atomic E-state index is 0.192. The van der Waals surface area contributed by atoms with E-state index in [1.807, 2.05) is 66.7 Å². The Labute approximate surface area is 254 Å². The van der Waals surface area contributed by atoms with Crippen molar-refractivity contribution in [2.24, 2.45) is 0 Å². The molecule has 2 heterocycles. The van der Waals surface area contributed by atoms with Crippen LogP contribution >= 0.6 is 23.2 Å². The van der Waals surface area contributed by atoms with Gasteiger partial charge >= 0.3 is 0 Å². The smallest absolute Gasteiger partial charge is 0.103 e. The molecule has 2 unspecified atom stereocenters. The van der Waals surface area contributed by atoms with Crippen LogP contribution in [0.25, 0.3) is 10.9 Å². The predicted molar refractivity (Wildman–Crippen MR) is 166 cm³/mol. The number of hydrazine groups is 2. The summed E-state index contributed by atoms with van der Waals surface area (Å²) >= 11 is 13.5. The number of nitrogens with zero attached hydrogens (tertiary/aromatic N) is 4. The maximum absolute atomic E-state index is 10.0. The normalized spacial score (nSPS) is 15.7. The van der Waals surface area contributed by atoms with Gasteiger partial charge in [0.2, 0.25) is 0 Å². The van der Waals surface area contributed by atoms with E-state index in [0.717, 1.165) is 35.4 Å². The Hall–Kier alpha value is -4.47. The highest BCUT2D eigenvalue weighted by molar-refractivity contribution is 6.36. The number of anilines is 2. The Balaban J connectivity index is 1.42. The van der Waals surface area contributed by atoms with Crippen molar-refractivity contribution in [3.05, 3.63) is 112 Å². The van der Waals surface area contributed by atoms with Crippen molar-refractivity contribution in [3.8, 4) is 12.1 Å². The lowest BCUT2D eigenvalue weighted by Crippen LogP contribution is -2.38. The van der Waals surface area contributed by atoms with Crippen molar-refractivity contribution in [3.63, 3.8) is 0 Å². The van der Waals surface area contributed by atoms with Gasteiger partial charge in [-0.2, -0.15) is 10.5 Å². The molecule has 6 rings (SSSR count). The van der Waals surface area contributed by atoms with Crippen LogP contribution in [0.5, 0.6) is 0 Å². The average Bonchev–Trinajstić information content (AvgIpc) is 3.75. The molecule has 2 atom stereocenters.